The van der Waals surface area contributed by atoms with E-state index in [0.29, 0.717) is 6.61 Å². The lowest BCUT2D eigenvalue weighted by molar-refractivity contribution is -0.148. The Balaban J connectivity index is 2.35. The molecular formula is C12H19NO5. The molecule has 0 aromatic rings. The van der Waals surface area contributed by atoms with Crippen LogP contribution in [0, 0.1) is 5.92 Å². The molecule has 6 nitrogen and oxygen atoms in total. The Kier molecular flexibility index (Phi) is 5.61. The molecule has 1 aliphatic rings. The minimum absolute atomic E-state index is 0.0939. The third kappa shape index (κ3) is 4.35. The molecule has 1 N–H and O–H groups in total. The number of amides is 1. The Morgan fingerprint density at radius 2 is 2.22 bits per heavy atom. The number of carboxylic acids is 1. The number of carbonyl (C=O) groups excluding carboxylic acids is 2. The van der Waals surface area contributed by atoms with E-state index < -0.39 is 11.9 Å². The lowest BCUT2D eigenvalue weighted by Crippen LogP contribution is -2.29. The summed E-state index contributed by atoms with van der Waals surface area (Å²) in [5.74, 6) is -1.91. The topological polar surface area (TPSA) is 83.9 Å². The van der Waals surface area contributed by atoms with Crippen molar-refractivity contribution in [2.75, 3.05) is 19.7 Å². The fourth-order valence-electron chi connectivity index (χ4n) is 1.81. The fraction of sp³-hybridized carbons (Fsp3) is 0.750. The molecule has 1 aliphatic heterocycles. The number of aliphatic carboxylic acids is 1. The summed E-state index contributed by atoms with van der Waals surface area (Å²) >= 11 is 0. The lowest BCUT2D eigenvalue weighted by atomic mass is 10.1. The van der Waals surface area contributed by atoms with E-state index in [2.05, 4.69) is 0 Å². The molecule has 0 spiro atoms. The number of carboxylic acid groups (broad SMARTS) is 1. The van der Waals surface area contributed by atoms with Crippen LogP contribution in [0.2, 0.25) is 0 Å². The highest BCUT2D eigenvalue weighted by Crippen LogP contribution is 2.19. The smallest absolute Gasteiger partial charge is 0.311 e. The first-order valence-electron chi connectivity index (χ1n) is 6.20. The molecule has 0 aliphatic carbocycles. The van der Waals surface area contributed by atoms with Crippen molar-refractivity contribution in [3.63, 3.8) is 0 Å². The minimum atomic E-state index is -0.947. The summed E-state index contributed by atoms with van der Waals surface area (Å²) in [7, 11) is 0. The van der Waals surface area contributed by atoms with Gasteiger partial charge in [-0.1, -0.05) is 13.3 Å². The summed E-state index contributed by atoms with van der Waals surface area (Å²) in [6.45, 7) is 2.82. The summed E-state index contributed by atoms with van der Waals surface area (Å²) in [6, 6.07) is 0. The number of hydrogen-bond acceptors (Lipinski definition) is 4. The van der Waals surface area contributed by atoms with E-state index in [9.17, 15) is 14.4 Å². The van der Waals surface area contributed by atoms with E-state index in [4.69, 9.17) is 9.84 Å². The first-order valence-corrected chi connectivity index (χ1v) is 6.20. The molecule has 0 bridgehead atoms. The highest BCUT2D eigenvalue weighted by Gasteiger charge is 2.35. The summed E-state index contributed by atoms with van der Waals surface area (Å²) in [5.41, 5.74) is 0. The Morgan fingerprint density at radius 1 is 1.50 bits per heavy atom. The van der Waals surface area contributed by atoms with Crippen LogP contribution in [0.15, 0.2) is 0 Å². The van der Waals surface area contributed by atoms with Crippen molar-refractivity contribution in [2.45, 2.75) is 32.6 Å². The van der Waals surface area contributed by atoms with Crippen LogP contribution in [0.25, 0.3) is 0 Å². The van der Waals surface area contributed by atoms with Crippen LogP contribution in [0.4, 0.5) is 0 Å². The van der Waals surface area contributed by atoms with Gasteiger partial charge >= 0.3 is 11.9 Å². The molecule has 0 aromatic carbocycles. The Bertz CT molecular complexity index is 328. The predicted octanol–water partition coefficient (Wildman–Crippen LogP) is 0.653. The van der Waals surface area contributed by atoms with Gasteiger partial charge < -0.3 is 14.7 Å². The van der Waals surface area contributed by atoms with Gasteiger partial charge in [-0.2, -0.15) is 0 Å². The molecular weight excluding hydrogens is 238 g/mol. The summed E-state index contributed by atoms with van der Waals surface area (Å²) in [4.78, 5) is 35.0. The Labute approximate surface area is 106 Å². The van der Waals surface area contributed by atoms with Crippen LogP contribution in [-0.2, 0) is 19.1 Å². The summed E-state index contributed by atoms with van der Waals surface area (Å²) < 4.78 is 5.05. The van der Waals surface area contributed by atoms with Crippen LogP contribution >= 0.6 is 0 Å². The van der Waals surface area contributed by atoms with Crippen LogP contribution in [0.5, 0.6) is 0 Å². The summed E-state index contributed by atoms with van der Waals surface area (Å²) in [5, 5.41) is 8.55. The minimum Gasteiger partial charge on any atom is -0.481 e. The van der Waals surface area contributed by atoms with Gasteiger partial charge in [0.2, 0.25) is 5.91 Å². The maximum absolute atomic E-state index is 11.6. The molecule has 0 radical (unpaired) electrons. The zero-order valence-corrected chi connectivity index (χ0v) is 10.6. The zero-order chi connectivity index (χ0) is 13.5. The van der Waals surface area contributed by atoms with E-state index in [-0.39, 0.29) is 37.8 Å². The molecule has 1 atom stereocenters. The number of rotatable bonds is 7. The standard InChI is InChI=1S/C12H19NO5/c1-2-3-6-18-12(17)9-7-10(14)13(8-9)5-4-11(15)16/h9H,2-8H2,1H3,(H,15,16). The van der Waals surface area contributed by atoms with E-state index in [1.165, 1.54) is 4.90 Å². The molecule has 1 rings (SSSR count). The van der Waals surface area contributed by atoms with Crippen molar-refractivity contribution in [1.82, 2.24) is 4.90 Å². The van der Waals surface area contributed by atoms with Crippen LogP contribution < -0.4 is 0 Å². The highest BCUT2D eigenvalue weighted by molar-refractivity contribution is 5.87. The normalized spacial score (nSPS) is 19.1. The van der Waals surface area contributed by atoms with Crippen molar-refractivity contribution in [3.05, 3.63) is 0 Å². The van der Waals surface area contributed by atoms with Gasteiger partial charge in [0.1, 0.15) is 0 Å². The maximum atomic E-state index is 11.6. The monoisotopic (exact) mass is 257 g/mol. The third-order valence-corrected chi connectivity index (χ3v) is 2.89. The molecule has 1 heterocycles. The van der Waals surface area contributed by atoms with Crippen molar-refractivity contribution >= 4 is 17.8 Å². The van der Waals surface area contributed by atoms with Gasteiger partial charge in [-0.05, 0) is 6.42 Å². The van der Waals surface area contributed by atoms with Gasteiger partial charge in [0.05, 0.1) is 18.9 Å². The lowest BCUT2D eigenvalue weighted by Gasteiger charge is -2.14. The van der Waals surface area contributed by atoms with E-state index in [0.717, 1.165) is 12.8 Å². The second-order valence-electron chi connectivity index (χ2n) is 4.41. The molecule has 0 aromatic heterocycles. The number of unbranched alkanes of at least 4 members (excludes halogenated alkanes) is 1. The molecule has 6 heteroatoms. The van der Waals surface area contributed by atoms with Crippen molar-refractivity contribution in [1.29, 1.82) is 0 Å². The average molecular weight is 257 g/mol. The second kappa shape index (κ2) is 6.98. The molecule has 102 valence electrons. The third-order valence-electron chi connectivity index (χ3n) is 2.89. The molecule has 1 fully saturated rings. The Hall–Kier alpha value is -1.59. The molecule has 1 unspecified atom stereocenters. The molecule has 1 saturated heterocycles. The molecule has 18 heavy (non-hydrogen) atoms. The predicted molar refractivity (Wildman–Crippen MR) is 62.8 cm³/mol. The van der Waals surface area contributed by atoms with Gasteiger partial charge in [-0.25, -0.2) is 0 Å². The maximum Gasteiger partial charge on any atom is 0.311 e. The average Bonchev–Trinajstić information content (AvgIpc) is 2.68. The fourth-order valence-corrected chi connectivity index (χ4v) is 1.81. The SMILES string of the molecule is CCCCOC(=O)C1CC(=O)N(CCC(=O)O)C1. The number of carbonyl (C=O) groups is 3. The van der Waals surface area contributed by atoms with Gasteiger partial charge in [0, 0.05) is 19.5 Å². The van der Waals surface area contributed by atoms with Gasteiger partial charge in [0.25, 0.3) is 0 Å². The number of ether oxygens (including phenoxy) is 1. The van der Waals surface area contributed by atoms with Crippen molar-refractivity contribution < 1.29 is 24.2 Å². The molecule has 0 saturated carbocycles. The van der Waals surface area contributed by atoms with Crippen molar-refractivity contribution in [3.8, 4) is 0 Å². The zero-order valence-electron chi connectivity index (χ0n) is 10.6. The van der Waals surface area contributed by atoms with Crippen LogP contribution in [0.3, 0.4) is 0 Å². The summed E-state index contributed by atoms with van der Waals surface area (Å²) in [6.07, 6.45) is 1.80. The number of hydrogen-bond donors (Lipinski definition) is 1. The second-order valence-corrected chi connectivity index (χ2v) is 4.41. The van der Waals surface area contributed by atoms with Crippen LogP contribution in [-0.4, -0.2) is 47.5 Å². The van der Waals surface area contributed by atoms with Gasteiger partial charge in [-0.15, -0.1) is 0 Å². The van der Waals surface area contributed by atoms with E-state index in [1.807, 2.05) is 6.92 Å². The largest absolute Gasteiger partial charge is 0.481 e. The van der Waals surface area contributed by atoms with Crippen molar-refractivity contribution in [2.24, 2.45) is 5.92 Å². The first-order chi connectivity index (χ1) is 8.54. The van der Waals surface area contributed by atoms with Gasteiger partial charge in [-0.3, -0.25) is 14.4 Å². The number of likely N-dealkylation sites (tertiary alicyclic amines) is 1. The Morgan fingerprint density at radius 3 is 2.83 bits per heavy atom. The first kappa shape index (κ1) is 14.5. The van der Waals surface area contributed by atoms with E-state index >= 15 is 0 Å². The van der Waals surface area contributed by atoms with Gasteiger partial charge in [0.15, 0.2) is 0 Å². The highest BCUT2D eigenvalue weighted by atomic mass is 16.5. The molecule has 1 amide bonds. The quantitative estimate of drug-likeness (QED) is 0.535. The van der Waals surface area contributed by atoms with E-state index in [1.54, 1.807) is 0 Å². The van der Waals surface area contributed by atoms with Crippen LogP contribution in [0.1, 0.15) is 32.6 Å². The number of esters is 1. The number of nitrogens with zero attached hydrogens (tertiary/aromatic N) is 1.